The van der Waals surface area contributed by atoms with Gasteiger partial charge in [0.05, 0.1) is 11.6 Å². The predicted octanol–water partition coefficient (Wildman–Crippen LogP) is 4.39. The van der Waals surface area contributed by atoms with E-state index in [2.05, 4.69) is 44.1 Å². The molecule has 4 heteroatoms. The molecule has 21 heavy (non-hydrogen) atoms. The second kappa shape index (κ2) is 6.02. The van der Waals surface area contributed by atoms with E-state index in [0.717, 1.165) is 34.2 Å². The summed E-state index contributed by atoms with van der Waals surface area (Å²) in [7, 11) is 0. The lowest BCUT2D eigenvalue weighted by Crippen LogP contribution is -2.10. The summed E-state index contributed by atoms with van der Waals surface area (Å²) < 4.78 is 3.23. The Balaban J connectivity index is 1.74. The molecule has 0 saturated heterocycles. The third-order valence-electron chi connectivity index (χ3n) is 3.45. The molecule has 3 aromatic rings. The lowest BCUT2D eigenvalue weighted by atomic mass is 10.2. The van der Waals surface area contributed by atoms with Gasteiger partial charge in [0, 0.05) is 35.0 Å². The Morgan fingerprint density at radius 1 is 1.14 bits per heavy atom. The van der Waals surface area contributed by atoms with E-state index in [-0.39, 0.29) is 0 Å². The number of halogens is 1. The summed E-state index contributed by atoms with van der Waals surface area (Å²) in [6.45, 7) is 1.67. The Labute approximate surface area is 131 Å². The zero-order valence-electron chi connectivity index (χ0n) is 11.4. The maximum atomic E-state index is 9.00. The van der Waals surface area contributed by atoms with Crippen LogP contribution in [-0.4, -0.2) is 11.1 Å². The number of fused-ring (bicyclic) bond motifs is 1. The van der Waals surface area contributed by atoms with Crippen LogP contribution >= 0.6 is 15.9 Å². The summed E-state index contributed by atoms with van der Waals surface area (Å²) in [6, 6.07) is 18.1. The monoisotopic (exact) mass is 339 g/mol. The van der Waals surface area contributed by atoms with Crippen LogP contribution < -0.4 is 5.32 Å². The third kappa shape index (κ3) is 2.93. The summed E-state index contributed by atoms with van der Waals surface area (Å²) in [5.41, 5.74) is 2.89. The standard InChI is InChI=1S/C17H14BrN3/c18-15-3-1-2-4-16(15)20-8-10-21-9-7-14-6-5-13(12-19)11-17(14)21/h1-7,9,11,20H,8,10H2. The summed E-state index contributed by atoms with van der Waals surface area (Å²) in [5.74, 6) is 0. The highest BCUT2D eigenvalue weighted by Gasteiger charge is 2.03. The van der Waals surface area contributed by atoms with Crippen molar-refractivity contribution in [3.8, 4) is 6.07 Å². The predicted molar refractivity (Wildman–Crippen MR) is 89.3 cm³/mol. The number of nitriles is 1. The molecule has 1 heterocycles. The van der Waals surface area contributed by atoms with Crippen molar-refractivity contribution >= 4 is 32.5 Å². The molecule has 0 fully saturated rings. The van der Waals surface area contributed by atoms with Crippen LogP contribution in [0.4, 0.5) is 5.69 Å². The van der Waals surface area contributed by atoms with E-state index in [0.29, 0.717) is 5.56 Å². The molecule has 1 N–H and O–H groups in total. The normalized spacial score (nSPS) is 10.5. The van der Waals surface area contributed by atoms with Gasteiger partial charge in [0.1, 0.15) is 0 Å². The van der Waals surface area contributed by atoms with Crippen molar-refractivity contribution in [2.24, 2.45) is 0 Å². The van der Waals surface area contributed by atoms with E-state index in [4.69, 9.17) is 5.26 Å². The molecule has 0 unspecified atom stereocenters. The molecule has 0 radical (unpaired) electrons. The highest BCUT2D eigenvalue weighted by Crippen LogP contribution is 2.21. The van der Waals surface area contributed by atoms with Gasteiger partial charge in [0.15, 0.2) is 0 Å². The fraction of sp³-hybridized carbons (Fsp3) is 0.118. The topological polar surface area (TPSA) is 40.8 Å². The minimum absolute atomic E-state index is 0.696. The number of nitrogens with zero attached hydrogens (tertiary/aromatic N) is 2. The van der Waals surface area contributed by atoms with Gasteiger partial charge in [-0.15, -0.1) is 0 Å². The molecule has 0 saturated carbocycles. The second-order valence-corrected chi connectivity index (χ2v) is 5.66. The summed E-state index contributed by atoms with van der Waals surface area (Å²) in [5, 5.41) is 13.6. The smallest absolute Gasteiger partial charge is 0.0992 e. The number of anilines is 1. The van der Waals surface area contributed by atoms with Gasteiger partial charge < -0.3 is 9.88 Å². The highest BCUT2D eigenvalue weighted by molar-refractivity contribution is 9.10. The van der Waals surface area contributed by atoms with Gasteiger partial charge in [-0.05, 0) is 51.6 Å². The van der Waals surface area contributed by atoms with Crippen LogP contribution in [0.2, 0.25) is 0 Å². The Hall–Kier alpha value is -2.25. The molecular weight excluding hydrogens is 326 g/mol. The fourth-order valence-corrected chi connectivity index (χ4v) is 2.79. The first-order chi connectivity index (χ1) is 10.3. The maximum absolute atomic E-state index is 9.00. The van der Waals surface area contributed by atoms with Gasteiger partial charge in [-0.3, -0.25) is 0 Å². The number of nitrogens with one attached hydrogen (secondary N) is 1. The van der Waals surface area contributed by atoms with Gasteiger partial charge in [-0.2, -0.15) is 5.26 Å². The SMILES string of the molecule is N#Cc1ccc2ccn(CCNc3ccccc3Br)c2c1. The van der Waals surface area contributed by atoms with Gasteiger partial charge in [-0.1, -0.05) is 18.2 Å². The second-order valence-electron chi connectivity index (χ2n) is 4.80. The van der Waals surface area contributed by atoms with Gasteiger partial charge in [-0.25, -0.2) is 0 Å². The van der Waals surface area contributed by atoms with E-state index >= 15 is 0 Å². The number of benzene rings is 2. The molecule has 0 aliphatic carbocycles. The Bertz CT molecular complexity index is 814. The van der Waals surface area contributed by atoms with Crippen molar-refractivity contribution in [3.63, 3.8) is 0 Å². The molecule has 2 aromatic carbocycles. The average molecular weight is 340 g/mol. The number of rotatable bonds is 4. The van der Waals surface area contributed by atoms with Gasteiger partial charge >= 0.3 is 0 Å². The Kier molecular flexibility index (Phi) is 3.94. The third-order valence-corrected chi connectivity index (χ3v) is 4.14. The van der Waals surface area contributed by atoms with Gasteiger partial charge in [0.25, 0.3) is 0 Å². The molecule has 0 atom stereocenters. The molecule has 104 valence electrons. The number of hydrogen-bond acceptors (Lipinski definition) is 2. The summed E-state index contributed by atoms with van der Waals surface area (Å²) >= 11 is 3.53. The van der Waals surface area contributed by atoms with Crippen LogP contribution in [0.15, 0.2) is 59.2 Å². The van der Waals surface area contributed by atoms with Crippen LogP contribution in [0.1, 0.15) is 5.56 Å². The molecule has 1 aromatic heterocycles. The lowest BCUT2D eigenvalue weighted by Gasteiger charge is -2.10. The fourth-order valence-electron chi connectivity index (χ4n) is 2.36. The van der Waals surface area contributed by atoms with Crippen LogP contribution in [0.25, 0.3) is 10.9 Å². The van der Waals surface area contributed by atoms with E-state index in [1.54, 1.807) is 0 Å². The Morgan fingerprint density at radius 3 is 2.81 bits per heavy atom. The maximum Gasteiger partial charge on any atom is 0.0992 e. The zero-order valence-corrected chi connectivity index (χ0v) is 13.0. The van der Waals surface area contributed by atoms with Gasteiger partial charge in [0.2, 0.25) is 0 Å². The van der Waals surface area contributed by atoms with Crippen molar-refractivity contribution < 1.29 is 0 Å². The van der Waals surface area contributed by atoms with E-state index in [1.807, 2.05) is 42.5 Å². The quantitative estimate of drug-likeness (QED) is 0.765. The van der Waals surface area contributed by atoms with Crippen molar-refractivity contribution in [3.05, 3.63) is 64.8 Å². The van der Waals surface area contributed by atoms with Crippen molar-refractivity contribution in [1.29, 1.82) is 5.26 Å². The number of para-hydroxylation sites is 1. The van der Waals surface area contributed by atoms with Crippen LogP contribution in [0.3, 0.4) is 0 Å². The molecule has 0 spiro atoms. The zero-order chi connectivity index (χ0) is 14.7. The van der Waals surface area contributed by atoms with Crippen molar-refractivity contribution in [2.45, 2.75) is 6.54 Å². The van der Waals surface area contributed by atoms with Crippen molar-refractivity contribution in [2.75, 3.05) is 11.9 Å². The minimum atomic E-state index is 0.696. The lowest BCUT2D eigenvalue weighted by molar-refractivity contribution is 0.757. The first-order valence-electron chi connectivity index (χ1n) is 6.75. The van der Waals surface area contributed by atoms with E-state index in [1.165, 1.54) is 0 Å². The summed E-state index contributed by atoms with van der Waals surface area (Å²) in [4.78, 5) is 0. The van der Waals surface area contributed by atoms with Crippen LogP contribution in [-0.2, 0) is 6.54 Å². The van der Waals surface area contributed by atoms with Crippen molar-refractivity contribution in [1.82, 2.24) is 4.57 Å². The largest absolute Gasteiger partial charge is 0.382 e. The van der Waals surface area contributed by atoms with Crippen LogP contribution in [0, 0.1) is 11.3 Å². The number of aromatic nitrogens is 1. The molecule has 0 bridgehead atoms. The molecule has 3 nitrogen and oxygen atoms in total. The molecule has 0 aliphatic heterocycles. The van der Waals surface area contributed by atoms with Crippen LogP contribution in [0.5, 0.6) is 0 Å². The molecule has 0 amide bonds. The first kappa shape index (κ1) is 13.7. The molecule has 3 rings (SSSR count). The Morgan fingerprint density at radius 2 is 2.00 bits per heavy atom. The average Bonchev–Trinajstić information content (AvgIpc) is 2.91. The summed E-state index contributed by atoms with van der Waals surface area (Å²) in [6.07, 6.45) is 2.06. The van der Waals surface area contributed by atoms with E-state index < -0.39 is 0 Å². The first-order valence-corrected chi connectivity index (χ1v) is 7.54. The van der Waals surface area contributed by atoms with E-state index in [9.17, 15) is 0 Å². The number of hydrogen-bond donors (Lipinski definition) is 1. The highest BCUT2D eigenvalue weighted by atomic mass is 79.9. The molecule has 0 aliphatic rings. The minimum Gasteiger partial charge on any atom is -0.382 e. The molecular formula is C17H14BrN3.